The summed E-state index contributed by atoms with van der Waals surface area (Å²) in [5.74, 6) is 0. The molecular weight excluding hydrogens is 150 g/mol. The Bertz CT molecular complexity index is 470. The van der Waals surface area contributed by atoms with Gasteiger partial charge in [0.05, 0.1) is 5.52 Å². The Kier molecular flexibility index (Phi) is 1.47. The Balaban J connectivity index is 2.97. The molecule has 0 spiro atoms. The first-order valence-corrected chi connectivity index (χ1v) is 3.77. The highest BCUT2D eigenvalue weighted by Crippen LogP contribution is 2.12. The second-order valence-corrected chi connectivity index (χ2v) is 2.79. The van der Waals surface area contributed by atoms with E-state index in [0.717, 1.165) is 16.5 Å². The third kappa shape index (κ3) is 1.01. The van der Waals surface area contributed by atoms with Crippen LogP contribution < -0.4 is 5.56 Å². The SMILES string of the molecule is Cc1c[c]cc2ccc(=O)[nH]c12. The molecule has 1 N–H and O–H groups in total. The predicted molar refractivity (Wildman–Crippen MR) is 48.1 cm³/mol. The van der Waals surface area contributed by atoms with Crippen molar-refractivity contribution in [3.63, 3.8) is 0 Å². The molecule has 0 unspecified atom stereocenters. The van der Waals surface area contributed by atoms with Gasteiger partial charge in [0.25, 0.3) is 0 Å². The Labute approximate surface area is 69.9 Å². The molecule has 0 aliphatic carbocycles. The summed E-state index contributed by atoms with van der Waals surface area (Å²) in [6, 6.07) is 10.0. The average molecular weight is 158 g/mol. The summed E-state index contributed by atoms with van der Waals surface area (Å²) in [5.41, 5.74) is 1.89. The molecule has 0 aliphatic heterocycles. The summed E-state index contributed by atoms with van der Waals surface area (Å²) < 4.78 is 0. The number of pyridine rings is 1. The quantitative estimate of drug-likeness (QED) is 0.621. The van der Waals surface area contributed by atoms with E-state index in [1.165, 1.54) is 6.07 Å². The highest BCUT2D eigenvalue weighted by Gasteiger charge is 1.95. The minimum atomic E-state index is -0.0585. The van der Waals surface area contributed by atoms with Gasteiger partial charge in [0.1, 0.15) is 0 Å². The number of fused-ring (bicyclic) bond motifs is 1. The van der Waals surface area contributed by atoms with E-state index < -0.39 is 0 Å². The van der Waals surface area contributed by atoms with Crippen molar-refractivity contribution < 1.29 is 0 Å². The van der Waals surface area contributed by atoms with Crippen LogP contribution in [0.2, 0.25) is 0 Å². The Hall–Kier alpha value is -1.57. The molecular formula is C10H8NO. The zero-order valence-corrected chi connectivity index (χ0v) is 6.72. The van der Waals surface area contributed by atoms with Gasteiger partial charge in [0, 0.05) is 6.07 Å². The van der Waals surface area contributed by atoms with Crippen molar-refractivity contribution in [2.45, 2.75) is 6.92 Å². The molecule has 0 saturated heterocycles. The van der Waals surface area contributed by atoms with E-state index in [9.17, 15) is 4.79 Å². The molecule has 0 atom stereocenters. The maximum Gasteiger partial charge on any atom is 0.248 e. The van der Waals surface area contributed by atoms with Crippen molar-refractivity contribution in [1.29, 1.82) is 0 Å². The number of benzene rings is 1. The summed E-state index contributed by atoms with van der Waals surface area (Å²) in [4.78, 5) is 13.8. The van der Waals surface area contributed by atoms with Crippen LogP contribution in [0.1, 0.15) is 5.56 Å². The van der Waals surface area contributed by atoms with Crippen LogP contribution in [0.15, 0.2) is 29.1 Å². The van der Waals surface area contributed by atoms with Gasteiger partial charge >= 0.3 is 0 Å². The normalized spacial score (nSPS) is 10.4. The summed E-state index contributed by atoms with van der Waals surface area (Å²) in [7, 11) is 0. The van der Waals surface area contributed by atoms with E-state index in [4.69, 9.17) is 0 Å². The van der Waals surface area contributed by atoms with E-state index in [1.54, 1.807) is 6.07 Å². The molecule has 0 amide bonds. The third-order valence-electron chi connectivity index (χ3n) is 1.88. The van der Waals surface area contributed by atoms with Crippen molar-refractivity contribution in [2.75, 3.05) is 0 Å². The summed E-state index contributed by atoms with van der Waals surface area (Å²) in [6.45, 7) is 1.95. The van der Waals surface area contributed by atoms with Crippen molar-refractivity contribution >= 4 is 10.9 Å². The molecule has 0 saturated carbocycles. The topological polar surface area (TPSA) is 32.9 Å². The highest BCUT2D eigenvalue weighted by atomic mass is 16.1. The van der Waals surface area contributed by atoms with Gasteiger partial charge in [-0.25, -0.2) is 0 Å². The van der Waals surface area contributed by atoms with Gasteiger partial charge in [-0.3, -0.25) is 4.79 Å². The molecule has 2 aromatic rings. The van der Waals surface area contributed by atoms with Crippen molar-refractivity contribution in [1.82, 2.24) is 4.98 Å². The van der Waals surface area contributed by atoms with Crippen LogP contribution in [0.5, 0.6) is 0 Å². The van der Waals surface area contributed by atoms with Gasteiger partial charge in [-0.15, -0.1) is 0 Å². The van der Waals surface area contributed by atoms with Gasteiger partial charge in [0.2, 0.25) is 5.56 Å². The minimum Gasteiger partial charge on any atom is -0.322 e. The number of rotatable bonds is 0. The Morgan fingerprint density at radius 2 is 2.17 bits per heavy atom. The largest absolute Gasteiger partial charge is 0.322 e. The number of aromatic amines is 1. The molecule has 1 radical (unpaired) electrons. The number of aromatic nitrogens is 1. The molecule has 1 aromatic carbocycles. The van der Waals surface area contributed by atoms with Crippen molar-refractivity contribution in [3.05, 3.63) is 46.2 Å². The molecule has 1 aromatic heterocycles. The predicted octanol–water partition coefficient (Wildman–Crippen LogP) is 1.64. The van der Waals surface area contributed by atoms with Crippen LogP contribution >= 0.6 is 0 Å². The lowest BCUT2D eigenvalue weighted by Gasteiger charge is -1.98. The van der Waals surface area contributed by atoms with Crippen LogP contribution in [-0.2, 0) is 0 Å². The van der Waals surface area contributed by atoms with E-state index in [-0.39, 0.29) is 5.56 Å². The third-order valence-corrected chi connectivity index (χ3v) is 1.88. The van der Waals surface area contributed by atoms with Gasteiger partial charge in [0.15, 0.2) is 0 Å². The molecule has 12 heavy (non-hydrogen) atoms. The zero-order chi connectivity index (χ0) is 8.55. The molecule has 0 bridgehead atoms. The lowest BCUT2D eigenvalue weighted by molar-refractivity contribution is 1.28. The smallest absolute Gasteiger partial charge is 0.248 e. The van der Waals surface area contributed by atoms with Crippen molar-refractivity contribution in [2.24, 2.45) is 0 Å². The van der Waals surface area contributed by atoms with E-state index in [2.05, 4.69) is 11.1 Å². The zero-order valence-electron chi connectivity index (χ0n) is 6.72. The fourth-order valence-electron chi connectivity index (χ4n) is 1.26. The maximum absolute atomic E-state index is 11.0. The van der Waals surface area contributed by atoms with E-state index in [1.807, 2.05) is 19.1 Å². The molecule has 2 heteroatoms. The fraction of sp³-hybridized carbons (Fsp3) is 0.100. The van der Waals surface area contributed by atoms with Crippen molar-refractivity contribution in [3.8, 4) is 0 Å². The maximum atomic E-state index is 11.0. The number of H-pyrrole nitrogens is 1. The number of hydrogen-bond acceptors (Lipinski definition) is 1. The fourth-order valence-corrected chi connectivity index (χ4v) is 1.26. The molecule has 0 fully saturated rings. The first-order valence-electron chi connectivity index (χ1n) is 3.77. The summed E-state index contributed by atoms with van der Waals surface area (Å²) in [6.07, 6.45) is 0. The van der Waals surface area contributed by atoms with Crippen LogP contribution in [0.3, 0.4) is 0 Å². The number of aryl methyl sites for hydroxylation is 1. The molecule has 2 rings (SSSR count). The first kappa shape index (κ1) is 7.10. The average Bonchev–Trinajstić information content (AvgIpc) is 2.07. The molecule has 2 nitrogen and oxygen atoms in total. The van der Waals surface area contributed by atoms with Crippen LogP contribution in [0, 0.1) is 13.0 Å². The second kappa shape index (κ2) is 2.48. The van der Waals surface area contributed by atoms with E-state index >= 15 is 0 Å². The van der Waals surface area contributed by atoms with Gasteiger partial charge < -0.3 is 4.98 Å². The monoisotopic (exact) mass is 158 g/mol. The number of hydrogen-bond donors (Lipinski definition) is 1. The van der Waals surface area contributed by atoms with Gasteiger partial charge in [-0.05, 0) is 42.1 Å². The second-order valence-electron chi connectivity index (χ2n) is 2.79. The Morgan fingerprint density at radius 3 is 3.00 bits per heavy atom. The first-order chi connectivity index (χ1) is 5.77. The standard InChI is InChI=1S/C10H8NO/c1-7-3-2-4-8-5-6-9(12)11-10(7)8/h3-6H,1H3,(H,11,12). The van der Waals surface area contributed by atoms with E-state index in [0.29, 0.717) is 0 Å². The summed E-state index contributed by atoms with van der Waals surface area (Å²) in [5, 5.41) is 1.02. The van der Waals surface area contributed by atoms with Gasteiger partial charge in [-0.1, -0.05) is 0 Å². The minimum absolute atomic E-state index is 0.0585. The lowest BCUT2D eigenvalue weighted by atomic mass is 10.1. The summed E-state index contributed by atoms with van der Waals surface area (Å²) >= 11 is 0. The Morgan fingerprint density at radius 1 is 1.33 bits per heavy atom. The van der Waals surface area contributed by atoms with Crippen LogP contribution in [0.25, 0.3) is 10.9 Å². The molecule has 59 valence electrons. The van der Waals surface area contributed by atoms with Gasteiger partial charge in [-0.2, -0.15) is 0 Å². The van der Waals surface area contributed by atoms with Crippen LogP contribution in [-0.4, -0.2) is 4.98 Å². The number of nitrogens with one attached hydrogen (secondary N) is 1. The molecule has 0 aliphatic rings. The van der Waals surface area contributed by atoms with Crippen LogP contribution in [0.4, 0.5) is 0 Å². The lowest BCUT2D eigenvalue weighted by Crippen LogP contribution is -2.02. The highest BCUT2D eigenvalue weighted by molar-refractivity contribution is 5.80. The molecule has 1 heterocycles.